The molecule has 0 heterocycles. The molecule has 1 aromatic carbocycles. The molecule has 0 N–H and O–H groups in total. The topological polar surface area (TPSA) is 52.4 Å². The van der Waals surface area contributed by atoms with Crippen LogP contribution in [0.5, 0.6) is 5.75 Å². The Kier molecular flexibility index (Phi) is 3.57. The number of rotatable bonds is 4. The van der Waals surface area contributed by atoms with Crippen LogP contribution in [0.4, 0.5) is 5.69 Å². The number of non-ortho nitro benzene ring substituents is 1. The molecule has 0 aromatic heterocycles. The van der Waals surface area contributed by atoms with Gasteiger partial charge in [-0.1, -0.05) is 6.07 Å². The standard InChI is InChI=1S/C8H9NO3S/c10-9(11)7-2-1-3-8(6-7)12-4-5-13/h1-3,6,13H,4-5H2. The lowest BCUT2D eigenvalue weighted by Gasteiger charge is -2.02. The van der Waals surface area contributed by atoms with Crippen LogP contribution in [0.3, 0.4) is 0 Å². The predicted octanol–water partition coefficient (Wildman–Crippen LogP) is 1.90. The van der Waals surface area contributed by atoms with E-state index in [2.05, 4.69) is 12.6 Å². The highest BCUT2D eigenvalue weighted by molar-refractivity contribution is 7.80. The van der Waals surface area contributed by atoms with Crippen LogP contribution in [0, 0.1) is 10.1 Å². The minimum Gasteiger partial charge on any atom is -0.492 e. The summed E-state index contributed by atoms with van der Waals surface area (Å²) < 4.78 is 5.17. The molecule has 0 aliphatic carbocycles. The van der Waals surface area contributed by atoms with Crippen LogP contribution in [0.15, 0.2) is 24.3 Å². The van der Waals surface area contributed by atoms with Gasteiger partial charge in [0.25, 0.3) is 5.69 Å². The van der Waals surface area contributed by atoms with Gasteiger partial charge in [0.15, 0.2) is 0 Å². The van der Waals surface area contributed by atoms with Crippen LogP contribution in [0.25, 0.3) is 0 Å². The molecule has 0 aliphatic rings. The van der Waals surface area contributed by atoms with E-state index in [4.69, 9.17) is 4.74 Å². The second-order valence-electron chi connectivity index (χ2n) is 2.33. The number of thiol groups is 1. The van der Waals surface area contributed by atoms with Crippen molar-refractivity contribution in [1.29, 1.82) is 0 Å². The first-order valence-corrected chi connectivity index (χ1v) is 4.35. The van der Waals surface area contributed by atoms with Crippen molar-refractivity contribution in [2.45, 2.75) is 0 Å². The van der Waals surface area contributed by atoms with E-state index < -0.39 is 4.92 Å². The van der Waals surface area contributed by atoms with Crippen LogP contribution in [0.2, 0.25) is 0 Å². The third-order valence-corrected chi connectivity index (χ3v) is 1.57. The van der Waals surface area contributed by atoms with Gasteiger partial charge in [-0.25, -0.2) is 0 Å². The Labute approximate surface area is 81.1 Å². The van der Waals surface area contributed by atoms with Gasteiger partial charge >= 0.3 is 0 Å². The number of ether oxygens (including phenoxy) is 1. The highest BCUT2D eigenvalue weighted by Gasteiger charge is 2.05. The molecule has 0 bridgehead atoms. The maximum Gasteiger partial charge on any atom is 0.273 e. The zero-order chi connectivity index (χ0) is 9.68. The van der Waals surface area contributed by atoms with Crippen LogP contribution >= 0.6 is 12.6 Å². The van der Waals surface area contributed by atoms with Gasteiger partial charge < -0.3 is 4.74 Å². The molecule has 0 spiro atoms. The van der Waals surface area contributed by atoms with Crippen molar-refractivity contribution in [3.8, 4) is 5.75 Å². The smallest absolute Gasteiger partial charge is 0.273 e. The Bertz CT molecular complexity index is 303. The van der Waals surface area contributed by atoms with Crippen molar-refractivity contribution in [2.24, 2.45) is 0 Å². The monoisotopic (exact) mass is 199 g/mol. The quantitative estimate of drug-likeness (QED) is 0.457. The zero-order valence-corrected chi connectivity index (χ0v) is 7.74. The average Bonchev–Trinajstić information content (AvgIpc) is 2.15. The number of nitro groups is 1. The first-order valence-electron chi connectivity index (χ1n) is 3.72. The summed E-state index contributed by atoms with van der Waals surface area (Å²) in [5.41, 5.74) is 0.0386. The Morgan fingerprint density at radius 3 is 2.92 bits per heavy atom. The summed E-state index contributed by atoms with van der Waals surface area (Å²) in [5.74, 6) is 1.09. The fraction of sp³-hybridized carbons (Fsp3) is 0.250. The fourth-order valence-electron chi connectivity index (χ4n) is 0.850. The predicted molar refractivity (Wildman–Crippen MR) is 52.4 cm³/mol. The zero-order valence-electron chi connectivity index (χ0n) is 6.84. The minimum absolute atomic E-state index is 0.0386. The van der Waals surface area contributed by atoms with Crippen molar-refractivity contribution in [3.05, 3.63) is 34.4 Å². The molecule has 0 unspecified atom stereocenters. The Hall–Kier alpha value is -1.23. The number of hydrogen-bond donors (Lipinski definition) is 1. The average molecular weight is 199 g/mol. The largest absolute Gasteiger partial charge is 0.492 e. The van der Waals surface area contributed by atoms with E-state index in [0.29, 0.717) is 18.1 Å². The van der Waals surface area contributed by atoms with E-state index in [-0.39, 0.29) is 5.69 Å². The lowest BCUT2D eigenvalue weighted by Crippen LogP contribution is -1.98. The highest BCUT2D eigenvalue weighted by atomic mass is 32.1. The fourth-order valence-corrected chi connectivity index (χ4v) is 0.942. The molecule has 70 valence electrons. The molecule has 0 saturated carbocycles. The Morgan fingerprint density at radius 2 is 2.31 bits per heavy atom. The van der Waals surface area contributed by atoms with E-state index in [9.17, 15) is 10.1 Å². The lowest BCUT2D eigenvalue weighted by molar-refractivity contribution is -0.384. The molecule has 0 fully saturated rings. The van der Waals surface area contributed by atoms with Gasteiger partial charge in [0.1, 0.15) is 5.75 Å². The third-order valence-electron chi connectivity index (χ3n) is 1.39. The normalized spacial score (nSPS) is 9.62. The number of hydrogen-bond acceptors (Lipinski definition) is 4. The van der Waals surface area contributed by atoms with Crippen LogP contribution in [0.1, 0.15) is 0 Å². The first-order chi connectivity index (χ1) is 6.24. The van der Waals surface area contributed by atoms with Gasteiger partial charge in [0.05, 0.1) is 17.6 Å². The van der Waals surface area contributed by atoms with Gasteiger partial charge in [-0.3, -0.25) is 10.1 Å². The summed E-state index contributed by atoms with van der Waals surface area (Å²) in [6.07, 6.45) is 0. The van der Waals surface area contributed by atoms with Gasteiger partial charge in [-0.05, 0) is 6.07 Å². The molecule has 1 rings (SSSR count). The molecule has 4 nitrogen and oxygen atoms in total. The molecule has 5 heteroatoms. The summed E-state index contributed by atoms with van der Waals surface area (Å²) in [5, 5.41) is 10.4. The molecule has 0 radical (unpaired) electrons. The molecule has 0 saturated heterocycles. The highest BCUT2D eigenvalue weighted by Crippen LogP contribution is 2.18. The number of benzene rings is 1. The van der Waals surface area contributed by atoms with Gasteiger partial charge in [-0.15, -0.1) is 0 Å². The molecular weight excluding hydrogens is 190 g/mol. The molecule has 0 amide bonds. The van der Waals surface area contributed by atoms with Crippen LogP contribution in [-0.2, 0) is 0 Å². The second kappa shape index (κ2) is 4.71. The maximum atomic E-state index is 10.4. The van der Waals surface area contributed by atoms with Crippen LogP contribution < -0.4 is 4.74 Å². The molecular formula is C8H9NO3S. The van der Waals surface area contributed by atoms with E-state index in [0.717, 1.165) is 0 Å². The van der Waals surface area contributed by atoms with Crippen molar-refractivity contribution in [3.63, 3.8) is 0 Å². The summed E-state index contributed by atoms with van der Waals surface area (Å²) >= 11 is 3.96. The molecule has 0 aliphatic heterocycles. The van der Waals surface area contributed by atoms with Crippen molar-refractivity contribution >= 4 is 18.3 Å². The third kappa shape index (κ3) is 2.95. The van der Waals surface area contributed by atoms with Gasteiger partial charge in [0, 0.05) is 11.8 Å². The molecule has 13 heavy (non-hydrogen) atoms. The first kappa shape index (κ1) is 9.85. The second-order valence-corrected chi connectivity index (χ2v) is 2.77. The summed E-state index contributed by atoms with van der Waals surface area (Å²) in [7, 11) is 0. The Morgan fingerprint density at radius 1 is 1.54 bits per heavy atom. The lowest BCUT2D eigenvalue weighted by atomic mass is 10.3. The minimum atomic E-state index is -0.451. The number of nitrogens with zero attached hydrogens (tertiary/aromatic N) is 1. The van der Waals surface area contributed by atoms with Gasteiger partial charge in [-0.2, -0.15) is 12.6 Å². The van der Waals surface area contributed by atoms with Crippen LogP contribution in [-0.4, -0.2) is 17.3 Å². The summed E-state index contributed by atoms with van der Waals surface area (Å²) in [6.45, 7) is 0.449. The Balaban J connectivity index is 2.73. The summed E-state index contributed by atoms with van der Waals surface area (Å²) in [6, 6.07) is 6.08. The van der Waals surface area contributed by atoms with Crippen molar-refractivity contribution < 1.29 is 9.66 Å². The van der Waals surface area contributed by atoms with E-state index in [1.807, 2.05) is 0 Å². The van der Waals surface area contributed by atoms with Crippen molar-refractivity contribution in [1.82, 2.24) is 0 Å². The maximum absolute atomic E-state index is 10.4. The number of nitro benzene ring substituents is 1. The molecule has 0 atom stereocenters. The molecule has 1 aromatic rings. The van der Waals surface area contributed by atoms with Crippen molar-refractivity contribution in [2.75, 3.05) is 12.4 Å². The van der Waals surface area contributed by atoms with E-state index >= 15 is 0 Å². The SMILES string of the molecule is O=[N+]([O-])c1cccc(OCCS)c1. The van der Waals surface area contributed by atoms with E-state index in [1.54, 1.807) is 12.1 Å². The van der Waals surface area contributed by atoms with Gasteiger partial charge in [0.2, 0.25) is 0 Å². The van der Waals surface area contributed by atoms with E-state index in [1.165, 1.54) is 12.1 Å². The summed E-state index contributed by atoms with van der Waals surface area (Å²) in [4.78, 5) is 9.91.